The number of hydrogen-bond acceptors (Lipinski definition) is 4. The molecule has 8 heteroatoms. The standard InChI is InChI=1S/C10H20N2O5S/c1-10(2,9(15)11-3)7-12-18(16,17)6-4-5-8(13)14/h12H,4-7H2,1-3H3,(H,11,15)(H,13,14). The maximum Gasteiger partial charge on any atom is 0.303 e. The van der Waals surface area contributed by atoms with Crippen LogP contribution in [0.4, 0.5) is 0 Å². The van der Waals surface area contributed by atoms with Gasteiger partial charge in [0.05, 0.1) is 11.2 Å². The predicted octanol–water partition coefficient (Wildman–Crippen LogP) is -0.457. The molecule has 0 aliphatic rings. The number of amides is 1. The number of sulfonamides is 1. The summed E-state index contributed by atoms with van der Waals surface area (Å²) in [4.78, 5) is 21.7. The second kappa shape index (κ2) is 6.69. The van der Waals surface area contributed by atoms with Gasteiger partial charge in [0, 0.05) is 20.0 Å². The van der Waals surface area contributed by atoms with E-state index in [4.69, 9.17) is 5.11 Å². The molecule has 0 saturated carbocycles. The molecule has 3 N–H and O–H groups in total. The van der Waals surface area contributed by atoms with Crippen LogP contribution in [0.15, 0.2) is 0 Å². The van der Waals surface area contributed by atoms with Crippen LogP contribution in [0.2, 0.25) is 0 Å². The third kappa shape index (κ3) is 6.55. The number of hydrogen-bond donors (Lipinski definition) is 3. The lowest BCUT2D eigenvalue weighted by Gasteiger charge is -2.22. The fourth-order valence-corrected chi connectivity index (χ4v) is 2.44. The van der Waals surface area contributed by atoms with Crippen LogP contribution in [0.3, 0.4) is 0 Å². The largest absolute Gasteiger partial charge is 0.481 e. The second-order valence-electron chi connectivity index (χ2n) is 4.60. The zero-order valence-corrected chi connectivity index (χ0v) is 11.6. The van der Waals surface area contributed by atoms with Gasteiger partial charge < -0.3 is 10.4 Å². The van der Waals surface area contributed by atoms with Crippen LogP contribution in [0.5, 0.6) is 0 Å². The molecule has 0 aromatic rings. The van der Waals surface area contributed by atoms with E-state index in [9.17, 15) is 18.0 Å². The Kier molecular flexibility index (Phi) is 6.27. The molecule has 106 valence electrons. The van der Waals surface area contributed by atoms with Gasteiger partial charge in [-0.15, -0.1) is 0 Å². The van der Waals surface area contributed by atoms with Crippen molar-refractivity contribution >= 4 is 21.9 Å². The van der Waals surface area contributed by atoms with Crippen LogP contribution in [-0.4, -0.2) is 44.7 Å². The lowest BCUT2D eigenvalue weighted by molar-refractivity contribution is -0.137. The van der Waals surface area contributed by atoms with E-state index < -0.39 is 21.4 Å². The van der Waals surface area contributed by atoms with Crippen molar-refractivity contribution in [2.24, 2.45) is 5.41 Å². The number of carboxylic acids is 1. The van der Waals surface area contributed by atoms with E-state index in [-0.39, 0.29) is 31.0 Å². The van der Waals surface area contributed by atoms with E-state index in [1.54, 1.807) is 13.8 Å². The molecular weight excluding hydrogens is 260 g/mol. The fraction of sp³-hybridized carbons (Fsp3) is 0.800. The summed E-state index contributed by atoms with van der Waals surface area (Å²) >= 11 is 0. The SMILES string of the molecule is CNC(=O)C(C)(C)CNS(=O)(=O)CCCC(=O)O. The van der Waals surface area contributed by atoms with Gasteiger partial charge in [-0.05, 0) is 20.3 Å². The topological polar surface area (TPSA) is 113 Å². The summed E-state index contributed by atoms with van der Waals surface area (Å²) in [5.74, 6) is -1.56. The Hall–Kier alpha value is -1.15. The van der Waals surface area contributed by atoms with Crippen molar-refractivity contribution in [1.82, 2.24) is 10.0 Å². The molecule has 0 unspecified atom stereocenters. The van der Waals surface area contributed by atoms with Crippen molar-refractivity contribution in [3.8, 4) is 0 Å². The first kappa shape index (κ1) is 16.9. The molecule has 0 radical (unpaired) electrons. The van der Waals surface area contributed by atoms with Crippen molar-refractivity contribution in [1.29, 1.82) is 0 Å². The van der Waals surface area contributed by atoms with Gasteiger partial charge in [0.1, 0.15) is 0 Å². The van der Waals surface area contributed by atoms with E-state index in [2.05, 4.69) is 10.0 Å². The quantitative estimate of drug-likeness (QED) is 0.557. The van der Waals surface area contributed by atoms with Crippen LogP contribution in [0.1, 0.15) is 26.7 Å². The molecule has 18 heavy (non-hydrogen) atoms. The summed E-state index contributed by atoms with van der Waals surface area (Å²) in [5.41, 5.74) is -0.853. The third-order valence-electron chi connectivity index (χ3n) is 2.38. The minimum Gasteiger partial charge on any atom is -0.481 e. The molecule has 0 heterocycles. The third-order valence-corrected chi connectivity index (χ3v) is 3.79. The Morgan fingerprint density at radius 3 is 2.28 bits per heavy atom. The molecule has 0 bridgehead atoms. The first-order valence-electron chi connectivity index (χ1n) is 5.52. The smallest absolute Gasteiger partial charge is 0.303 e. The number of aliphatic carboxylic acids is 1. The highest BCUT2D eigenvalue weighted by Crippen LogP contribution is 2.13. The van der Waals surface area contributed by atoms with Crippen LogP contribution in [0.25, 0.3) is 0 Å². The zero-order valence-electron chi connectivity index (χ0n) is 10.8. The normalized spacial score (nSPS) is 12.2. The predicted molar refractivity (Wildman–Crippen MR) is 66.5 cm³/mol. The van der Waals surface area contributed by atoms with Crippen LogP contribution >= 0.6 is 0 Å². The highest BCUT2D eigenvalue weighted by atomic mass is 32.2. The molecule has 0 aromatic heterocycles. The second-order valence-corrected chi connectivity index (χ2v) is 6.53. The highest BCUT2D eigenvalue weighted by Gasteiger charge is 2.28. The van der Waals surface area contributed by atoms with Crippen LogP contribution < -0.4 is 10.0 Å². The lowest BCUT2D eigenvalue weighted by Crippen LogP contribution is -2.44. The summed E-state index contributed by atoms with van der Waals surface area (Å²) < 4.78 is 25.4. The number of nitrogens with one attached hydrogen (secondary N) is 2. The monoisotopic (exact) mass is 280 g/mol. The average molecular weight is 280 g/mol. The number of carbonyl (C=O) groups excluding carboxylic acids is 1. The van der Waals surface area contributed by atoms with Gasteiger partial charge >= 0.3 is 5.97 Å². The number of rotatable bonds is 8. The van der Waals surface area contributed by atoms with Gasteiger partial charge in [-0.2, -0.15) is 0 Å². The first-order valence-corrected chi connectivity index (χ1v) is 7.17. The number of carboxylic acid groups (broad SMARTS) is 1. The number of carbonyl (C=O) groups is 2. The Bertz CT molecular complexity index is 402. The minimum absolute atomic E-state index is 0.0257. The van der Waals surface area contributed by atoms with E-state index in [1.165, 1.54) is 7.05 Å². The Morgan fingerprint density at radius 1 is 1.28 bits per heavy atom. The van der Waals surface area contributed by atoms with Gasteiger partial charge in [0.2, 0.25) is 15.9 Å². The summed E-state index contributed by atoms with van der Waals surface area (Å²) in [7, 11) is -2.07. The van der Waals surface area contributed by atoms with E-state index in [0.29, 0.717) is 0 Å². The molecule has 0 spiro atoms. The Balaban J connectivity index is 4.26. The average Bonchev–Trinajstić information content (AvgIpc) is 2.25. The molecule has 0 aliphatic heterocycles. The van der Waals surface area contributed by atoms with Crippen LogP contribution in [0, 0.1) is 5.41 Å². The molecule has 0 fully saturated rings. The lowest BCUT2D eigenvalue weighted by atomic mass is 9.93. The van der Waals surface area contributed by atoms with E-state index in [0.717, 1.165) is 0 Å². The molecule has 0 atom stereocenters. The van der Waals surface area contributed by atoms with Gasteiger partial charge in [-0.25, -0.2) is 13.1 Å². The Labute approximate surface area is 107 Å². The van der Waals surface area contributed by atoms with Gasteiger partial charge in [0.25, 0.3) is 0 Å². The van der Waals surface area contributed by atoms with E-state index >= 15 is 0 Å². The van der Waals surface area contributed by atoms with Crippen molar-refractivity contribution in [3.05, 3.63) is 0 Å². The summed E-state index contributed by atoms with van der Waals surface area (Å²) in [6, 6.07) is 0. The minimum atomic E-state index is -3.55. The highest BCUT2D eigenvalue weighted by molar-refractivity contribution is 7.89. The molecule has 1 amide bonds. The molecule has 7 nitrogen and oxygen atoms in total. The van der Waals surface area contributed by atoms with Crippen molar-refractivity contribution in [2.75, 3.05) is 19.3 Å². The van der Waals surface area contributed by atoms with Crippen molar-refractivity contribution in [3.63, 3.8) is 0 Å². The molecule has 0 rings (SSSR count). The van der Waals surface area contributed by atoms with Crippen LogP contribution in [-0.2, 0) is 19.6 Å². The van der Waals surface area contributed by atoms with Gasteiger partial charge in [-0.1, -0.05) is 0 Å². The molecule has 0 aromatic carbocycles. The molecule has 0 saturated heterocycles. The van der Waals surface area contributed by atoms with Gasteiger partial charge in [0.15, 0.2) is 0 Å². The van der Waals surface area contributed by atoms with Crippen molar-refractivity contribution < 1.29 is 23.1 Å². The summed E-state index contributed by atoms with van der Waals surface area (Å²) in [6.07, 6.45) is -0.148. The fourth-order valence-electron chi connectivity index (χ4n) is 1.19. The summed E-state index contributed by atoms with van der Waals surface area (Å²) in [5, 5.41) is 10.9. The van der Waals surface area contributed by atoms with E-state index in [1.807, 2.05) is 0 Å². The Morgan fingerprint density at radius 2 is 1.83 bits per heavy atom. The maximum atomic E-state index is 11.5. The molecular formula is C10H20N2O5S. The zero-order chi connectivity index (χ0) is 14.4. The summed E-state index contributed by atoms with van der Waals surface area (Å²) in [6.45, 7) is 3.21. The maximum absolute atomic E-state index is 11.5. The first-order chi connectivity index (χ1) is 8.10. The van der Waals surface area contributed by atoms with Gasteiger partial charge in [-0.3, -0.25) is 9.59 Å². The van der Waals surface area contributed by atoms with Crippen molar-refractivity contribution in [2.45, 2.75) is 26.7 Å². The molecule has 0 aliphatic carbocycles.